The van der Waals surface area contributed by atoms with Crippen LogP contribution in [0.1, 0.15) is 38.7 Å². The van der Waals surface area contributed by atoms with Crippen molar-refractivity contribution in [2.45, 2.75) is 45.7 Å². The lowest BCUT2D eigenvalue weighted by atomic mass is 9.85. The molecule has 2 N–H and O–H groups in total. The van der Waals surface area contributed by atoms with E-state index in [0.717, 1.165) is 24.8 Å². The Morgan fingerprint density at radius 1 is 1.55 bits per heavy atom. The van der Waals surface area contributed by atoms with Crippen molar-refractivity contribution in [1.29, 1.82) is 0 Å². The molecule has 122 valence electrons. The van der Waals surface area contributed by atoms with Crippen molar-refractivity contribution in [2.75, 3.05) is 13.2 Å². The maximum absolute atomic E-state index is 10.9. The molecule has 0 radical (unpaired) electrons. The number of hydrogen-bond acceptors (Lipinski definition) is 5. The Balaban J connectivity index is 2.13. The molecule has 6 nitrogen and oxygen atoms in total. The first-order valence-corrected chi connectivity index (χ1v) is 7.74. The molecule has 2 unspecified atom stereocenters. The van der Waals surface area contributed by atoms with Crippen LogP contribution in [0, 0.1) is 15.5 Å². The molecule has 1 saturated carbocycles. The molecule has 0 bridgehead atoms. The van der Waals surface area contributed by atoms with Gasteiger partial charge in [-0.25, -0.2) is 0 Å². The van der Waals surface area contributed by atoms with Crippen molar-refractivity contribution in [3.05, 3.63) is 33.9 Å². The summed E-state index contributed by atoms with van der Waals surface area (Å²) in [6, 6.07) is 4.88. The van der Waals surface area contributed by atoms with Crippen molar-refractivity contribution >= 4 is 5.69 Å². The predicted octanol–water partition coefficient (Wildman–Crippen LogP) is 2.63. The van der Waals surface area contributed by atoms with Crippen molar-refractivity contribution < 1.29 is 14.8 Å². The predicted molar refractivity (Wildman–Crippen MR) is 83.9 cm³/mol. The second-order valence-corrected chi connectivity index (χ2v) is 6.12. The molecule has 1 aromatic carbocycles. The van der Waals surface area contributed by atoms with Gasteiger partial charge in [0, 0.05) is 42.3 Å². The number of aliphatic hydroxyl groups is 1. The Bertz CT molecular complexity index is 535. The molecule has 0 aromatic heterocycles. The Morgan fingerprint density at radius 2 is 2.32 bits per heavy atom. The minimum atomic E-state index is -0.396. The summed E-state index contributed by atoms with van der Waals surface area (Å²) in [4.78, 5) is 10.5. The van der Waals surface area contributed by atoms with Gasteiger partial charge in [0.25, 0.3) is 5.69 Å². The molecular formula is C16H24N2O4. The maximum atomic E-state index is 10.9. The average molecular weight is 308 g/mol. The highest BCUT2D eigenvalue weighted by molar-refractivity contribution is 5.43. The summed E-state index contributed by atoms with van der Waals surface area (Å²) >= 11 is 0. The van der Waals surface area contributed by atoms with Crippen molar-refractivity contribution in [1.82, 2.24) is 5.32 Å². The van der Waals surface area contributed by atoms with Crippen molar-refractivity contribution in [2.24, 2.45) is 5.41 Å². The van der Waals surface area contributed by atoms with Crippen LogP contribution in [-0.4, -0.2) is 29.3 Å². The van der Waals surface area contributed by atoms with Crippen LogP contribution in [-0.2, 0) is 6.54 Å². The fraction of sp³-hybridized carbons (Fsp3) is 0.625. The third-order valence-electron chi connectivity index (χ3n) is 4.54. The number of nitro groups is 1. The van der Waals surface area contributed by atoms with Gasteiger partial charge in [-0.1, -0.05) is 13.3 Å². The second kappa shape index (κ2) is 7.07. The third-order valence-corrected chi connectivity index (χ3v) is 4.54. The molecule has 1 aliphatic rings. The highest BCUT2D eigenvalue weighted by Crippen LogP contribution is 2.37. The van der Waals surface area contributed by atoms with Gasteiger partial charge in [0.05, 0.1) is 11.5 Å². The van der Waals surface area contributed by atoms with E-state index in [2.05, 4.69) is 12.2 Å². The largest absolute Gasteiger partial charge is 0.494 e. The molecule has 2 rings (SSSR count). The van der Waals surface area contributed by atoms with Crippen LogP contribution in [0.25, 0.3) is 0 Å². The quantitative estimate of drug-likeness (QED) is 0.597. The monoisotopic (exact) mass is 308 g/mol. The van der Waals surface area contributed by atoms with Crippen LogP contribution in [0.4, 0.5) is 5.69 Å². The SMILES string of the molecule is CCOc1ccc([N+](=O)[O-])cc1CNC1CCCC1(C)CO. The number of aliphatic hydroxyl groups excluding tert-OH is 1. The number of nitro benzene ring substituents is 1. The summed E-state index contributed by atoms with van der Waals surface area (Å²) in [5, 5.41) is 24.0. The van der Waals surface area contributed by atoms with Gasteiger partial charge in [-0.15, -0.1) is 0 Å². The number of nitrogens with zero attached hydrogens (tertiary/aromatic N) is 1. The Kier molecular flexibility index (Phi) is 5.37. The lowest BCUT2D eigenvalue weighted by molar-refractivity contribution is -0.384. The van der Waals surface area contributed by atoms with Crippen LogP contribution < -0.4 is 10.1 Å². The molecule has 1 fully saturated rings. The first-order valence-electron chi connectivity index (χ1n) is 7.74. The minimum absolute atomic E-state index is 0.0663. The fourth-order valence-electron chi connectivity index (χ4n) is 3.12. The zero-order valence-corrected chi connectivity index (χ0v) is 13.2. The lowest BCUT2D eigenvalue weighted by Crippen LogP contribution is -2.41. The third kappa shape index (κ3) is 3.56. The van der Waals surface area contributed by atoms with Crippen molar-refractivity contribution in [3.63, 3.8) is 0 Å². The first-order chi connectivity index (χ1) is 10.5. The normalized spacial score (nSPS) is 24.4. The molecule has 0 spiro atoms. The van der Waals surface area contributed by atoms with E-state index in [1.807, 2.05) is 6.92 Å². The molecule has 1 aromatic rings. The van der Waals surface area contributed by atoms with Gasteiger partial charge in [0.1, 0.15) is 5.75 Å². The van der Waals surface area contributed by atoms with E-state index in [0.29, 0.717) is 18.9 Å². The molecule has 6 heteroatoms. The van der Waals surface area contributed by atoms with E-state index >= 15 is 0 Å². The van der Waals surface area contributed by atoms with Crippen LogP contribution in [0.3, 0.4) is 0 Å². The van der Waals surface area contributed by atoms with E-state index in [1.165, 1.54) is 6.07 Å². The number of benzene rings is 1. The minimum Gasteiger partial charge on any atom is -0.494 e. The lowest BCUT2D eigenvalue weighted by Gasteiger charge is -2.30. The van der Waals surface area contributed by atoms with E-state index in [9.17, 15) is 15.2 Å². The molecule has 2 atom stereocenters. The van der Waals surface area contributed by atoms with Crippen LogP contribution in [0.2, 0.25) is 0 Å². The summed E-state index contributed by atoms with van der Waals surface area (Å²) in [7, 11) is 0. The van der Waals surface area contributed by atoms with Crippen molar-refractivity contribution in [3.8, 4) is 5.75 Å². The Morgan fingerprint density at radius 3 is 2.95 bits per heavy atom. The maximum Gasteiger partial charge on any atom is 0.270 e. The van der Waals surface area contributed by atoms with Gasteiger partial charge in [-0.2, -0.15) is 0 Å². The van der Waals surface area contributed by atoms with Gasteiger partial charge < -0.3 is 15.2 Å². The second-order valence-electron chi connectivity index (χ2n) is 6.12. The van der Waals surface area contributed by atoms with Gasteiger partial charge in [-0.05, 0) is 25.8 Å². The van der Waals surface area contributed by atoms with Crippen LogP contribution in [0.15, 0.2) is 18.2 Å². The summed E-state index contributed by atoms with van der Waals surface area (Å²) in [6.07, 6.45) is 3.09. The summed E-state index contributed by atoms with van der Waals surface area (Å²) in [6.45, 7) is 5.13. The van der Waals surface area contributed by atoms with Crippen LogP contribution >= 0.6 is 0 Å². The van der Waals surface area contributed by atoms with Gasteiger partial charge >= 0.3 is 0 Å². The Hall–Kier alpha value is -1.66. The number of non-ortho nitro benzene ring substituents is 1. The van der Waals surface area contributed by atoms with E-state index in [4.69, 9.17) is 4.74 Å². The Labute approximate surface area is 130 Å². The number of hydrogen-bond donors (Lipinski definition) is 2. The zero-order chi connectivity index (χ0) is 16.2. The highest BCUT2D eigenvalue weighted by Gasteiger charge is 2.37. The zero-order valence-electron chi connectivity index (χ0n) is 13.2. The average Bonchev–Trinajstić information content (AvgIpc) is 2.88. The van der Waals surface area contributed by atoms with Gasteiger partial charge in [-0.3, -0.25) is 10.1 Å². The first kappa shape index (κ1) is 16.7. The van der Waals surface area contributed by atoms with E-state index in [1.54, 1.807) is 12.1 Å². The summed E-state index contributed by atoms with van der Waals surface area (Å²) in [5.74, 6) is 0.671. The van der Waals surface area contributed by atoms with Crippen LogP contribution in [0.5, 0.6) is 5.75 Å². The topological polar surface area (TPSA) is 84.6 Å². The number of nitrogens with one attached hydrogen (secondary N) is 1. The molecular weight excluding hydrogens is 284 g/mol. The number of ether oxygens (including phenoxy) is 1. The fourth-order valence-corrected chi connectivity index (χ4v) is 3.12. The smallest absolute Gasteiger partial charge is 0.270 e. The molecule has 0 amide bonds. The van der Waals surface area contributed by atoms with Gasteiger partial charge in [0.2, 0.25) is 0 Å². The number of rotatable bonds is 7. The molecule has 0 saturated heterocycles. The molecule has 22 heavy (non-hydrogen) atoms. The van der Waals surface area contributed by atoms with E-state index in [-0.39, 0.29) is 23.8 Å². The molecule has 0 heterocycles. The standard InChI is InChI=1S/C16H24N2O4/c1-3-22-14-7-6-13(18(20)21)9-12(14)10-17-15-5-4-8-16(15,2)11-19/h6-7,9,15,17,19H,3-5,8,10-11H2,1-2H3. The van der Waals surface area contributed by atoms with Gasteiger partial charge in [0.15, 0.2) is 0 Å². The summed E-state index contributed by atoms with van der Waals surface area (Å²) < 4.78 is 5.55. The molecule has 1 aliphatic carbocycles. The highest BCUT2D eigenvalue weighted by atomic mass is 16.6. The van der Waals surface area contributed by atoms with E-state index < -0.39 is 4.92 Å². The molecule has 0 aliphatic heterocycles. The summed E-state index contributed by atoms with van der Waals surface area (Å²) in [5.41, 5.74) is 0.729.